The van der Waals surface area contributed by atoms with Gasteiger partial charge in [-0.3, -0.25) is 0 Å². The van der Waals surface area contributed by atoms with Gasteiger partial charge in [0.25, 0.3) is 0 Å². The number of benzene rings is 3. The highest BCUT2D eigenvalue weighted by Crippen LogP contribution is 2.40. The second kappa shape index (κ2) is 9.27. The Morgan fingerprint density at radius 2 is 1.79 bits per heavy atom. The van der Waals surface area contributed by atoms with Gasteiger partial charge in [-0.15, -0.1) is 11.3 Å². The molecule has 3 aromatic carbocycles. The molecule has 5 aromatic rings. The summed E-state index contributed by atoms with van der Waals surface area (Å²) in [6.45, 7) is 4.59. The van der Waals surface area contributed by atoms with E-state index in [0.717, 1.165) is 28.8 Å². The Morgan fingerprint density at radius 1 is 1.03 bits per heavy atom. The van der Waals surface area contributed by atoms with Crippen LogP contribution in [-0.2, 0) is 12.8 Å². The molecule has 0 radical (unpaired) electrons. The van der Waals surface area contributed by atoms with Crippen LogP contribution in [0.25, 0.3) is 31.6 Å². The smallest absolute Gasteiger partial charge is 0.336 e. The number of thiophene rings is 1. The van der Waals surface area contributed by atoms with Gasteiger partial charge >= 0.3 is 5.97 Å². The Hall–Kier alpha value is -3.70. The van der Waals surface area contributed by atoms with Crippen molar-refractivity contribution in [1.29, 1.82) is 0 Å². The summed E-state index contributed by atoms with van der Waals surface area (Å²) in [6, 6.07) is 23.9. The summed E-state index contributed by atoms with van der Waals surface area (Å²) < 4.78 is 7.30. The van der Waals surface area contributed by atoms with Crippen LogP contribution in [0.1, 0.15) is 34.0 Å². The van der Waals surface area contributed by atoms with Crippen LogP contribution in [0.15, 0.2) is 72.8 Å². The van der Waals surface area contributed by atoms with E-state index < -0.39 is 5.97 Å². The second-order valence-corrected chi connectivity index (χ2v) is 9.35. The molecule has 0 spiro atoms. The number of carboxylic acids is 1. The molecule has 5 heteroatoms. The maximum atomic E-state index is 12.4. The van der Waals surface area contributed by atoms with Gasteiger partial charge in [0.2, 0.25) is 0 Å². The molecule has 2 heterocycles. The zero-order chi connectivity index (χ0) is 23.7. The van der Waals surface area contributed by atoms with Gasteiger partial charge in [0.15, 0.2) is 0 Å². The number of aromatic nitrogens is 1. The highest BCUT2D eigenvalue weighted by Gasteiger charge is 2.21. The van der Waals surface area contributed by atoms with Crippen molar-refractivity contribution in [2.24, 2.45) is 0 Å². The minimum absolute atomic E-state index is 0.224. The predicted octanol–water partition coefficient (Wildman–Crippen LogP) is 7.31. The molecule has 0 saturated carbocycles. The average molecular weight is 468 g/mol. The van der Waals surface area contributed by atoms with E-state index in [2.05, 4.69) is 38.1 Å². The number of carbonyl (C=O) groups is 1. The normalized spacial score (nSPS) is 11.2. The first-order valence-electron chi connectivity index (χ1n) is 11.4. The van der Waals surface area contributed by atoms with Gasteiger partial charge in [0.05, 0.1) is 33.6 Å². The van der Waals surface area contributed by atoms with Gasteiger partial charge in [0, 0.05) is 11.1 Å². The van der Waals surface area contributed by atoms with E-state index in [0.29, 0.717) is 29.0 Å². The van der Waals surface area contributed by atoms with Gasteiger partial charge in [-0.2, -0.15) is 0 Å². The van der Waals surface area contributed by atoms with Crippen molar-refractivity contribution in [3.8, 4) is 16.3 Å². The lowest BCUT2D eigenvalue weighted by molar-refractivity contribution is 0.0698. The topological polar surface area (TPSA) is 59.4 Å². The zero-order valence-corrected chi connectivity index (χ0v) is 20.0. The van der Waals surface area contributed by atoms with Gasteiger partial charge in [-0.1, -0.05) is 61.5 Å². The van der Waals surface area contributed by atoms with Crippen molar-refractivity contribution >= 4 is 38.3 Å². The number of fused-ring (bicyclic) bond motifs is 2. The number of aryl methyl sites for hydroxylation is 2. The molecule has 0 saturated heterocycles. The minimum atomic E-state index is -0.978. The number of pyridine rings is 1. The van der Waals surface area contributed by atoms with Crippen LogP contribution in [0.4, 0.5) is 0 Å². The molecule has 0 amide bonds. The van der Waals surface area contributed by atoms with E-state index in [1.807, 2.05) is 42.5 Å². The highest BCUT2D eigenvalue weighted by atomic mass is 32.1. The van der Waals surface area contributed by atoms with E-state index in [-0.39, 0.29) is 5.56 Å². The Labute approximate surface area is 202 Å². The van der Waals surface area contributed by atoms with Gasteiger partial charge in [0.1, 0.15) is 5.75 Å². The summed E-state index contributed by atoms with van der Waals surface area (Å²) in [7, 11) is 0. The predicted molar refractivity (Wildman–Crippen MR) is 139 cm³/mol. The van der Waals surface area contributed by atoms with Crippen LogP contribution in [-0.4, -0.2) is 22.7 Å². The molecule has 0 aliphatic carbocycles. The van der Waals surface area contributed by atoms with Crippen LogP contribution < -0.4 is 4.74 Å². The minimum Gasteiger partial charge on any atom is -0.493 e. The van der Waals surface area contributed by atoms with E-state index in [1.54, 1.807) is 17.4 Å². The summed E-state index contributed by atoms with van der Waals surface area (Å²) in [4.78, 5) is 18.4. The Morgan fingerprint density at radius 3 is 2.53 bits per heavy atom. The van der Waals surface area contributed by atoms with Crippen molar-refractivity contribution < 1.29 is 14.6 Å². The molecule has 170 valence electrons. The second-order valence-electron chi connectivity index (χ2n) is 8.30. The largest absolute Gasteiger partial charge is 0.493 e. The van der Waals surface area contributed by atoms with E-state index in [9.17, 15) is 9.90 Å². The number of hydrogen-bond acceptors (Lipinski definition) is 4. The first-order valence-corrected chi connectivity index (χ1v) is 12.2. The summed E-state index contributed by atoms with van der Waals surface area (Å²) in [5, 5.41) is 11.9. The van der Waals surface area contributed by atoms with E-state index >= 15 is 0 Å². The van der Waals surface area contributed by atoms with Crippen LogP contribution >= 0.6 is 11.3 Å². The first-order chi connectivity index (χ1) is 16.6. The number of aromatic carboxylic acids is 1. The summed E-state index contributed by atoms with van der Waals surface area (Å²) >= 11 is 1.65. The van der Waals surface area contributed by atoms with Crippen molar-refractivity contribution in [1.82, 2.24) is 4.98 Å². The van der Waals surface area contributed by atoms with Crippen LogP contribution in [0.5, 0.6) is 5.75 Å². The monoisotopic (exact) mass is 467 g/mol. The summed E-state index contributed by atoms with van der Waals surface area (Å²) in [5.41, 5.74) is 4.93. The molecule has 0 bridgehead atoms. The quantitative estimate of drug-likeness (QED) is 0.273. The molecular weight excluding hydrogens is 442 g/mol. The van der Waals surface area contributed by atoms with E-state index in [1.165, 1.54) is 15.6 Å². The lowest BCUT2D eigenvalue weighted by Gasteiger charge is -2.15. The third-order valence-electron chi connectivity index (χ3n) is 6.18. The highest BCUT2D eigenvalue weighted by molar-refractivity contribution is 7.22. The lowest BCUT2D eigenvalue weighted by Crippen LogP contribution is -2.06. The van der Waals surface area contributed by atoms with Crippen LogP contribution in [0.2, 0.25) is 0 Å². The number of ether oxygens (including phenoxy) is 1. The number of nitrogens with zero attached hydrogens (tertiary/aromatic N) is 1. The molecule has 0 unspecified atom stereocenters. The maximum Gasteiger partial charge on any atom is 0.336 e. The van der Waals surface area contributed by atoms with Crippen molar-refractivity contribution in [2.75, 3.05) is 6.61 Å². The molecule has 0 atom stereocenters. The van der Waals surface area contributed by atoms with Gasteiger partial charge < -0.3 is 9.84 Å². The fourth-order valence-electron chi connectivity index (χ4n) is 4.40. The van der Waals surface area contributed by atoms with Gasteiger partial charge in [-0.25, -0.2) is 9.78 Å². The zero-order valence-electron chi connectivity index (χ0n) is 19.2. The summed E-state index contributed by atoms with van der Waals surface area (Å²) in [5.74, 6) is -0.416. The number of hydrogen-bond donors (Lipinski definition) is 1. The molecule has 1 N–H and O–H groups in total. The number of carboxylic acid groups (broad SMARTS) is 1. The number of rotatable bonds is 7. The standard InChI is InChI=1S/C29H25NO3S/c1-3-20-13-14-24(33-16-15-19-9-5-4-6-10-19)26-22(29(31)32)17-23(30-27(20)26)28-18(2)21-11-7-8-12-25(21)34-28/h4-14,17H,3,15-16H2,1-2H3,(H,31,32). The van der Waals surface area contributed by atoms with Crippen molar-refractivity contribution in [2.45, 2.75) is 26.7 Å². The lowest BCUT2D eigenvalue weighted by atomic mass is 10.00. The molecule has 0 fully saturated rings. The van der Waals surface area contributed by atoms with Gasteiger partial charge in [-0.05, 0) is 53.6 Å². The first kappa shape index (κ1) is 22.1. The molecule has 0 aliphatic rings. The van der Waals surface area contributed by atoms with Crippen molar-refractivity contribution in [3.63, 3.8) is 0 Å². The van der Waals surface area contributed by atoms with Crippen molar-refractivity contribution in [3.05, 3.63) is 95.1 Å². The molecule has 0 aliphatic heterocycles. The molecule has 4 nitrogen and oxygen atoms in total. The third-order valence-corrected chi connectivity index (χ3v) is 7.48. The Kier molecular flexibility index (Phi) is 6.03. The molecular formula is C29H25NO3S. The molecule has 5 rings (SSSR count). The fourth-order valence-corrected chi connectivity index (χ4v) is 5.57. The van der Waals surface area contributed by atoms with E-state index in [4.69, 9.17) is 9.72 Å². The maximum absolute atomic E-state index is 12.4. The van der Waals surface area contributed by atoms with Crippen LogP contribution in [0.3, 0.4) is 0 Å². The van der Waals surface area contributed by atoms with Crippen LogP contribution in [0, 0.1) is 6.92 Å². The third kappa shape index (κ3) is 4.03. The molecule has 2 aromatic heterocycles. The fraction of sp³-hybridized carbons (Fsp3) is 0.172. The SMILES string of the molecule is CCc1ccc(OCCc2ccccc2)c2c(C(=O)O)cc(-c3sc4ccccc4c3C)nc12. The average Bonchev–Trinajstić information content (AvgIpc) is 3.20. The Balaban J connectivity index is 1.63. The summed E-state index contributed by atoms with van der Waals surface area (Å²) in [6.07, 6.45) is 1.49. The Bertz CT molecular complexity index is 1500. The molecule has 34 heavy (non-hydrogen) atoms.